The first-order valence-electron chi connectivity index (χ1n) is 8.14. The molecule has 1 amide bonds. The van der Waals surface area contributed by atoms with Gasteiger partial charge in [0.1, 0.15) is 12.4 Å². The standard InChI is InChI=1S/C19H18FNO5/c1-12(18(22)21-10-13-6-8-14(20)9-7-13)25-19(23)17-11-24-15-4-2-3-5-16(15)26-17/h2-9,12,17H,10-11H2,1H3,(H,21,22)/t12-,17-/m1/s1. The second-order valence-electron chi connectivity index (χ2n) is 5.79. The van der Waals surface area contributed by atoms with E-state index in [1.54, 1.807) is 36.4 Å². The van der Waals surface area contributed by atoms with Crippen molar-refractivity contribution in [3.05, 3.63) is 59.9 Å². The van der Waals surface area contributed by atoms with Crippen molar-refractivity contribution in [3.63, 3.8) is 0 Å². The monoisotopic (exact) mass is 359 g/mol. The summed E-state index contributed by atoms with van der Waals surface area (Å²) in [5.74, 6) is -0.474. The molecular weight excluding hydrogens is 341 g/mol. The van der Waals surface area contributed by atoms with Crippen molar-refractivity contribution in [2.24, 2.45) is 0 Å². The fourth-order valence-corrected chi connectivity index (χ4v) is 2.37. The predicted octanol–water partition coefficient (Wildman–Crippen LogP) is 2.21. The van der Waals surface area contributed by atoms with Crippen LogP contribution in [0.5, 0.6) is 11.5 Å². The third-order valence-electron chi connectivity index (χ3n) is 3.81. The highest BCUT2D eigenvalue weighted by molar-refractivity contribution is 5.84. The first kappa shape index (κ1) is 17.7. The minimum atomic E-state index is -0.997. The summed E-state index contributed by atoms with van der Waals surface area (Å²) in [6.07, 6.45) is -1.93. The fraction of sp³-hybridized carbons (Fsp3) is 0.263. The molecule has 1 aliphatic rings. The maximum Gasteiger partial charge on any atom is 0.351 e. The molecule has 1 aliphatic heterocycles. The highest BCUT2D eigenvalue weighted by Gasteiger charge is 2.31. The van der Waals surface area contributed by atoms with Crippen molar-refractivity contribution >= 4 is 11.9 Å². The lowest BCUT2D eigenvalue weighted by Crippen LogP contribution is -2.42. The number of rotatable bonds is 5. The van der Waals surface area contributed by atoms with Gasteiger partial charge in [-0.3, -0.25) is 4.79 Å². The first-order chi connectivity index (χ1) is 12.5. The number of hydrogen-bond donors (Lipinski definition) is 1. The van der Waals surface area contributed by atoms with Gasteiger partial charge in [0.05, 0.1) is 0 Å². The van der Waals surface area contributed by atoms with E-state index in [-0.39, 0.29) is 19.0 Å². The summed E-state index contributed by atoms with van der Waals surface area (Å²) >= 11 is 0. The number of carbonyl (C=O) groups excluding carboxylic acids is 2. The molecule has 0 spiro atoms. The van der Waals surface area contributed by atoms with Gasteiger partial charge in [0.25, 0.3) is 5.91 Å². The number of benzene rings is 2. The Morgan fingerprint density at radius 2 is 1.88 bits per heavy atom. The van der Waals surface area contributed by atoms with Crippen LogP contribution in [0.25, 0.3) is 0 Å². The zero-order chi connectivity index (χ0) is 18.5. The molecule has 3 rings (SSSR count). The zero-order valence-electron chi connectivity index (χ0n) is 14.1. The number of halogens is 1. The molecule has 0 fully saturated rings. The summed E-state index contributed by atoms with van der Waals surface area (Å²) in [5.41, 5.74) is 0.735. The largest absolute Gasteiger partial charge is 0.485 e. The SMILES string of the molecule is C[C@@H](OC(=O)[C@H]1COc2ccccc2O1)C(=O)NCc1ccc(F)cc1. The topological polar surface area (TPSA) is 73.9 Å². The van der Waals surface area contributed by atoms with Gasteiger partial charge in [0.15, 0.2) is 17.6 Å². The molecule has 136 valence electrons. The lowest BCUT2D eigenvalue weighted by Gasteiger charge is -2.25. The van der Waals surface area contributed by atoms with Gasteiger partial charge in [-0.05, 0) is 36.8 Å². The molecule has 7 heteroatoms. The average molecular weight is 359 g/mol. The van der Waals surface area contributed by atoms with Gasteiger partial charge in [-0.2, -0.15) is 0 Å². The van der Waals surface area contributed by atoms with Gasteiger partial charge < -0.3 is 19.5 Å². The summed E-state index contributed by atoms with van der Waals surface area (Å²) < 4.78 is 29.0. The Bertz CT molecular complexity index is 793. The van der Waals surface area contributed by atoms with E-state index in [1.165, 1.54) is 19.1 Å². The fourth-order valence-electron chi connectivity index (χ4n) is 2.37. The highest BCUT2D eigenvalue weighted by Crippen LogP contribution is 2.31. The maximum absolute atomic E-state index is 12.9. The maximum atomic E-state index is 12.9. The Kier molecular flexibility index (Phi) is 5.36. The predicted molar refractivity (Wildman–Crippen MR) is 90.2 cm³/mol. The van der Waals surface area contributed by atoms with E-state index in [4.69, 9.17) is 14.2 Å². The van der Waals surface area contributed by atoms with E-state index in [2.05, 4.69) is 5.32 Å². The minimum absolute atomic E-state index is 0.0137. The van der Waals surface area contributed by atoms with E-state index in [1.807, 2.05) is 0 Å². The number of carbonyl (C=O) groups is 2. The van der Waals surface area contributed by atoms with Crippen molar-refractivity contribution in [1.82, 2.24) is 5.32 Å². The lowest BCUT2D eigenvalue weighted by atomic mass is 10.2. The second kappa shape index (κ2) is 7.86. The molecule has 0 radical (unpaired) electrons. The van der Waals surface area contributed by atoms with Crippen LogP contribution in [-0.4, -0.2) is 30.7 Å². The number of esters is 1. The third-order valence-corrected chi connectivity index (χ3v) is 3.81. The average Bonchev–Trinajstić information content (AvgIpc) is 2.66. The van der Waals surface area contributed by atoms with Crippen LogP contribution in [-0.2, 0) is 20.9 Å². The molecule has 26 heavy (non-hydrogen) atoms. The quantitative estimate of drug-likeness (QED) is 0.829. The Morgan fingerprint density at radius 1 is 1.19 bits per heavy atom. The summed E-state index contributed by atoms with van der Waals surface area (Å²) in [7, 11) is 0. The molecular formula is C19H18FNO5. The van der Waals surface area contributed by atoms with Gasteiger partial charge >= 0.3 is 5.97 Å². The van der Waals surface area contributed by atoms with Crippen LogP contribution in [0, 0.1) is 5.82 Å². The number of hydrogen-bond acceptors (Lipinski definition) is 5. The summed E-state index contributed by atoms with van der Waals surface area (Å²) in [4.78, 5) is 24.3. The van der Waals surface area contributed by atoms with E-state index in [9.17, 15) is 14.0 Å². The van der Waals surface area contributed by atoms with E-state index in [0.29, 0.717) is 11.5 Å². The van der Waals surface area contributed by atoms with E-state index < -0.39 is 24.1 Å². The van der Waals surface area contributed by atoms with Crippen LogP contribution in [0.3, 0.4) is 0 Å². The molecule has 1 heterocycles. The minimum Gasteiger partial charge on any atom is -0.485 e. The Hall–Kier alpha value is -3.09. The summed E-state index contributed by atoms with van der Waals surface area (Å²) in [6.45, 7) is 1.69. The first-order valence-corrected chi connectivity index (χ1v) is 8.14. The van der Waals surface area contributed by atoms with Crippen LogP contribution in [0.15, 0.2) is 48.5 Å². The van der Waals surface area contributed by atoms with Crippen molar-refractivity contribution in [2.45, 2.75) is 25.7 Å². The summed E-state index contributed by atoms with van der Waals surface area (Å²) in [6, 6.07) is 12.7. The number of fused-ring (bicyclic) bond motifs is 1. The molecule has 6 nitrogen and oxygen atoms in total. The van der Waals surface area contributed by atoms with Crippen LogP contribution >= 0.6 is 0 Å². The zero-order valence-corrected chi connectivity index (χ0v) is 14.1. The van der Waals surface area contributed by atoms with Gasteiger partial charge in [0, 0.05) is 6.54 Å². The lowest BCUT2D eigenvalue weighted by molar-refractivity contribution is -0.163. The molecule has 0 saturated carbocycles. The molecule has 2 atom stereocenters. The Morgan fingerprint density at radius 3 is 2.62 bits per heavy atom. The van der Waals surface area contributed by atoms with Crippen molar-refractivity contribution in [1.29, 1.82) is 0 Å². The van der Waals surface area contributed by atoms with Gasteiger partial charge in [-0.25, -0.2) is 9.18 Å². The second-order valence-corrected chi connectivity index (χ2v) is 5.79. The smallest absolute Gasteiger partial charge is 0.351 e. The normalized spacial score (nSPS) is 16.5. The summed E-state index contributed by atoms with van der Waals surface area (Å²) in [5, 5.41) is 2.63. The molecule has 0 bridgehead atoms. The van der Waals surface area contributed by atoms with Crippen molar-refractivity contribution in [3.8, 4) is 11.5 Å². The van der Waals surface area contributed by atoms with E-state index >= 15 is 0 Å². The molecule has 2 aromatic carbocycles. The molecule has 0 aliphatic carbocycles. The molecule has 1 N–H and O–H groups in total. The van der Waals surface area contributed by atoms with Gasteiger partial charge in [0.2, 0.25) is 6.10 Å². The van der Waals surface area contributed by atoms with Crippen molar-refractivity contribution < 1.29 is 28.2 Å². The Labute approximate surface area is 149 Å². The number of amides is 1. The van der Waals surface area contributed by atoms with Crippen LogP contribution in [0.1, 0.15) is 12.5 Å². The molecule has 2 aromatic rings. The number of para-hydroxylation sites is 2. The van der Waals surface area contributed by atoms with Gasteiger partial charge in [-0.15, -0.1) is 0 Å². The van der Waals surface area contributed by atoms with Crippen LogP contribution < -0.4 is 14.8 Å². The molecule has 0 unspecified atom stereocenters. The highest BCUT2D eigenvalue weighted by atomic mass is 19.1. The molecule has 0 aromatic heterocycles. The van der Waals surface area contributed by atoms with Crippen LogP contribution in [0.2, 0.25) is 0 Å². The third kappa shape index (κ3) is 4.30. The number of ether oxygens (including phenoxy) is 3. The number of nitrogens with one attached hydrogen (secondary N) is 1. The molecule has 0 saturated heterocycles. The van der Waals surface area contributed by atoms with E-state index in [0.717, 1.165) is 5.56 Å². The van der Waals surface area contributed by atoms with Gasteiger partial charge in [-0.1, -0.05) is 24.3 Å². The van der Waals surface area contributed by atoms with Crippen LogP contribution in [0.4, 0.5) is 4.39 Å². The Balaban J connectivity index is 1.49. The van der Waals surface area contributed by atoms with Crippen molar-refractivity contribution in [2.75, 3.05) is 6.61 Å².